The van der Waals surface area contributed by atoms with E-state index >= 15 is 0 Å². The molecule has 0 atom stereocenters. The molecule has 0 aliphatic carbocycles. The molecule has 0 fully saturated rings. The number of amides is 1. The summed E-state index contributed by atoms with van der Waals surface area (Å²) < 4.78 is 10.5. The van der Waals surface area contributed by atoms with Gasteiger partial charge in [-0.05, 0) is 12.1 Å². The second-order valence-corrected chi connectivity index (χ2v) is 3.82. The molecule has 0 spiro atoms. The van der Waals surface area contributed by atoms with Gasteiger partial charge in [0.05, 0.1) is 5.56 Å². The number of carbonyl (C=O) groups excluding carboxylic acids is 1. The van der Waals surface area contributed by atoms with Gasteiger partial charge < -0.3 is 14.6 Å². The highest BCUT2D eigenvalue weighted by Crippen LogP contribution is 2.29. The summed E-state index contributed by atoms with van der Waals surface area (Å²) in [6.07, 6.45) is 2.92. The van der Waals surface area contributed by atoms with E-state index in [-0.39, 0.29) is 35.8 Å². The van der Waals surface area contributed by atoms with Gasteiger partial charge in [-0.25, -0.2) is 10.6 Å². The third kappa shape index (κ3) is 4.08. The van der Waals surface area contributed by atoms with Crippen molar-refractivity contribution in [2.45, 2.75) is 0 Å². The van der Waals surface area contributed by atoms with Crippen LogP contribution in [0.3, 0.4) is 0 Å². The number of nitrogens with one attached hydrogen (secondary N) is 1. The molecule has 0 aromatic heterocycles. The summed E-state index contributed by atoms with van der Waals surface area (Å²) in [5.74, 6) is 3.35. The van der Waals surface area contributed by atoms with Crippen LogP contribution in [0.15, 0.2) is 37.4 Å². The fourth-order valence-corrected chi connectivity index (χ4v) is 1.52. The normalized spacial score (nSPS) is 9.57. The van der Waals surface area contributed by atoms with Crippen LogP contribution in [-0.4, -0.2) is 30.2 Å². The van der Waals surface area contributed by atoms with Crippen LogP contribution in [0.1, 0.15) is 20.7 Å². The van der Waals surface area contributed by atoms with Gasteiger partial charge in [0.1, 0.15) is 30.3 Å². The van der Waals surface area contributed by atoms with Gasteiger partial charge in [0.2, 0.25) is 0 Å². The highest BCUT2D eigenvalue weighted by molar-refractivity contribution is 6.00. The van der Waals surface area contributed by atoms with E-state index in [1.54, 1.807) is 0 Å². The fraction of sp³-hybridized carbons (Fsp3) is 0.143. The Morgan fingerprint density at radius 2 is 1.62 bits per heavy atom. The van der Waals surface area contributed by atoms with Gasteiger partial charge in [-0.15, -0.1) is 0 Å². The Labute approximate surface area is 121 Å². The molecular formula is C14H16N2O5. The number of carboxylic acids is 1. The van der Waals surface area contributed by atoms with Crippen molar-refractivity contribution in [1.29, 1.82) is 0 Å². The SMILES string of the molecule is C=CCOc1cc(C(=O)NN)c(OCC=C)cc1C(=O)O. The molecule has 4 N–H and O–H groups in total. The van der Waals surface area contributed by atoms with Gasteiger partial charge in [-0.2, -0.15) is 0 Å². The first-order chi connectivity index (χ1) is 10.0. The van der Waals surface area contributed by atoms with Crippen LogP contribution < -0.4 is 20.7 Å². The Hall–Kier alpha value is -2.80. The summed E-state index contributed by atoms with van der Waals surface area (Å²) in [4.78, 5) is 23.0. The van der Waals surface area contributed by atoms with E-state index in [1.165, 1.54) is 24.3 Å². The van der Waals surface area contributed by atoms with E-state index in [2.05, 4.69) is 13.2 Å². The molecule has 0 heterocycles. The largest absolute Gasteiger partial charge is 0.489 e. The molecule has 1 rings (SSSR count). The summed E-state index contributed by atoms with van der Waals surface area (Å²) >= 11 is 0. The first kappa shape index (κ1) is 16.3. The predicted molar refractivity (Wildman–Crippen MR) is 76.4 cm³/mol. The smallest absolute Gasteiger partial charge is 0.339 e. The molecule has 0 saturated heterocycles. The minimum atomic E-state index is -1.21. The molecule has 0 aliphatic rings. The molecule has 0 bridgehead atoms. The Bertz CT molecular complexity index is 569. The molecule has 21 heavy (non-hydrogen) atoms. The van der Waals surface area contributed by atoms with Crippen LogP contribution >= 0.6 is 0 Å². The monoisotopic (exact) mass is 292 g/mol. The number of carbonyl (C=O) groups is 2. The Kier molecular flexibility index (Phi) is 5.97. The van der Waals surface area contributed by atoms with E-state index in [4.69, 9.17) is 15.3 Å². The highest BCUT2D eigenvalue weighted by atomic mass is 16.5. The summed E-state index contributed by atoms with van der Waals surface area (Å²) in [7, 11) is 0. The lowest BCUT2D eigenvalue weighted by Gasteiger charge is -2.14. The van der Waals surface area contributed by atoms with Crippen molar-refractivity contribution in [3.05, 3.63) is 48.6 Å². The van der Waals surface area contributed by atoms with Crippen LogP contribution in [-0.2, 0) is 0 Å². The van der Waals surface area contributed by atoms with Gasteiger partial charge in [-0.3, -0.25) is 10.2 Å². The van der Waals surface area contributed by atoms with Crippen molar-refractivity contribution in [2.24, 2.45) is 5.84 Å². The zero-order valence-electron chi connectivity index (χ0n) is 11.3. The van der Waals surface area contributed by atoms with Crippen molar-refractivity contribution in [2.75, 3.05) is 13.2 Å². The molecular weight excluding hydrogens is 276 g/mol. The van der Waals surface area contributed by atoms with Crippen molar-refractivity contribution in [3.8, 4) is 11.5 Å². The summed E-state index contributed by atoms with van der Waals surface area (Å²) in [5, 5.41) is 9.19. The average Bonchev–Trinajstić information content (AvgIpc) is 2.49. The maximum Gasteiger partial charge on any atom is 0.339 e. The topological polar surface area (TPSA) is 111 Å². The summed E-state index contributed by atoms with van der Waals surface area (Å²) in [6.45, 7) is 7.16. The average molecular weight is 292 g/mol. The Balaban J connectivity index is 3.36. The molecule has 0 radical (unpaired) electrons. The van der Waals surface area contributed by atoms with E-state index in [9.17, 15) is 14.7 Å². The summed E-state index contributed by atoms with van der Waals surface area (Å²) in [5.41, 5.74) is 1.89. The number of benzene rings is 1. The zero-order valence-corrected chi connectivity index (χ0v) is 11.3. The standard InChI is InChI=1S/C14H16N2O5/c1-3-5-20-11-8-10(14(18)19)12(21-6-4-2)7-9(11)13(17)16-15/h3-4,7-8H,1-2,5-6,15H2,(H,16,17)(H,18,19). The van der Waals surface area contributed by atoms with Crippen LogP contribution in [0.25, 0.3) is 0 Å². The number of hydrogen-bond donors (Lipinski definition) is 3. The molecule has 1 amide bonds. The maximum absolute atomic E-state index is 11.7. The van der Waals surface area contributed by atoms with E-state index in [1.807, 2.05) is 5.43 Å². The first-order valence-corrected chi connectivity index (χ1v) is 5.94. The zero-order chi connectivity index (χ0) is 15.8. The van der Waals surface area contributed by atoms with Gasteiger partial charge in [-0.1, -0.05) is 25.3 Å². The second kappa shape index (κ2) is 7.71. The molecule has 0 saturated carbocycles. The number of nitrogens with two attached hydrogens (primary N) is 1. The number of aromatic carboxylic acids is 1. The minimum absolute atomic E-state index is 0.0203. The van der Waals surface area contributed by atoms with Gasteiger partial charge in [0.15, 0.2) is 0 Å². The molecule has 112 valence electrons. The Morgan fingerprint density at radius 3 is 2.05 bits per heavy atom. The number of hydrazine groups is 1. The Morgan fingerprint density at radius 1 is 1.14 bits per heavy atom. The number of ether oxygens (including phenoxy) is 2. The van der Waals surface area contributed by atoms with Gasteiger partial charge in [0.25, 0.3) is 5.91 Å². The molecule has 7 nitrogen and oxygen atoms in total. The number of rotatable bonds is 8. The number of hydrogen-bond acceptors (Lipinski definition) is 5. The van der Waals surface area contributed by atoms with Crippen molar-refractivity contribution >= 4 is 11.9 Å². The van der Waals surface area contributed by atoms with Crippen LogP contribution in [0.5, 0.6) is 11.5 Å². The number of carboxylic acid groups (broad SMARTS) is 1. The number of nitrogen functional groups attached to an aromatic ring is 1. The van der Waals surface area contributed by atoms with Gasteiger partial charge >= 0.3 is 5.97 Å². The second-order valence-electron chi connectivity index (χ2n) is 3.82. The predicted octanol–water partition coefficient (Wildman–Crippen LogP) is 1.12. The lowest BCUT2D eigenvalue weighted by Crippen LogP contribution is -2.30. The molecule has 1 aromatic rings. The van der Waals surface area contributed by atoms with E-state index < -0.39 is 11.9 Å². The first-order valence-electron chi connectivity index (χ1n) is 5.94. The van der Waals surface area contributed by atoms with Gasteiger partial charge in [0, 0.05) is 0 Å². The lowest BCUT2D eigenvalue weighted by molar-refractivity contribution is 0.0691. The minimum Gasteiger partial charge on any atom is -0.489 e. The quantitative estimate of drug-likeness (QED) is 0.286. The third-order valence-electron chi connectivity index (χ3n) is 2.40. The van der Waals surface area contributed by atoms with Crippen LogP contribution in [0, 0.1) is 0 Å². The third-order valence-corrected chi connectivity index (χ3v) is 2.40. The van der Waals surface area contributed by atoms with Crippen molar-refractivity contribution < 1.29 is 24.2 Å². The molecule has 0 aliphatic heterocycles. The highest BCUT2D eigenvalue weighted by Gasteiger charge is 2.20. The molecule has 1 aromatic carbocycles. The lowest BCUT2D eigenvalue weighted by atomic mass is 10.1. The van der Waals surface area contributed by atoms with E-state index in [0.717, 1.165) is 0 Å². The molecule has 0 unspecified atom stereocenters. The maximum atomic E-state index is 11.7. The molecule has 7 heteroatoms. The van der Waals surface area contributed by atoms with Crippen LogP contribution in [0.4, 0.5) is 0 Å². The van der Waals surface area contributed by atoms with Crippen LogP contribution in [0.2, 0.25) is 0 Å². The van der Waals surface area contributed by atoms with E-state index in [0.29, 0.717) is 0 Å². The van der Waals surface area contributed by atoms with Crippen molar-refractivity contribution in [3.63, 3.8) is 0 Å². The summed E-state index contributed by atoms with van der Waals surface area (Å²) in [6, 6.07) is 2.46. The fourth-order valence-electron chi connectivity index (χ4n) is 1.52. The van der Waals surface area contributed by atoms with Crippen molar-refractivity contribution in [1.82, 2.24) is 5.43 Å².